The lowest BCUT2D eigenvalue weighted by molar-refractivity contribution is -0.155. The minimum Gasteiger partial charge on any atom is -0.460 e. The maximum atomic E-state index is 12.9. The second kappa shape index (κ2) is 11.8. The van der Waals surface area contributed by atoms with Crippen molar-refractivity contribution in [1.82, 2.24) is 19.9 Å². The summed E-state index contributed by atoms with van der Waals surface area (Å²) in [6.45, 7) is 10.3. The molecule has 0 aromatic carbocycles. The van der Waals surface area contributed by atoms with E-state index in [1.54, 1.807) is 4.90 Å². The van der Waals surface area contributed by atoms with Crippen molar-refractivity contribution in [1.29, 1.82) is 0 Å². The van der Waals surface area contributed by atoms with Crippen molar-refractivity contribution in [3.8, 4) is 0 Å². The molecule has 4 rings (SSSR count). The Hall–Kier alpha value is -2.00. The third-order valence-corrected chi connectivity index (χ3v) is 7.42. The van der Waals surface area contributed by atoms with Crippen LogP contribution in [0, 0.1) is 5.92 Å². The van der Waals surface area contributed by atoms with Gasteiger partial charge in [0.15, 0.2) is 0 Å². The summed E-state index contributed by atoms with van der Waals surface area (Å²) in [5.41, 5.74) is -0.547. The largest absolute Gasteiger partial charge is 0.460 e. The maximum absolute atomic E-state index is 12.9. The van der Waals surface area contributed by atoms with E-state index in [1.807, 2.05) is 20.8 Å². The van der Waals surface area contributed by atoms with Gasteiger partial charge < -0.3 is 18.9 Å². The predicted octanol–water partition coefficient (Wildman–Crippen LogP) is 3.79. The van der Waals surface area contributed by atoms with E-state index in [2.05, 4.69) is 15.0 Å². The molecule has 1 aromatic heterocycles. The lowest BCUT2D eigenvalue weighted by atomic mass is 9.84. The third kappa shape index (κ3) is 7.49. The predicted molar refractivity (Wildman–Crippen MR) is 130 cm³/mol. The third-order valence-electron chi connectivity index (χ3n) is 7.42. The van der Waals surface area contributed by atoms with E-state index in [1.165, 1.54) is 32.1 Å². The van der Waals surface area contributed by atoms with Gasteiger partial charge in [-0.05, 0) is 33.1 Å². The highest BCUT2D eigenvalue weighted by Crippen LogP contribution is 2.32. The van der Waals surface area contributed by atoms with Crippen molar-refractivity contribution in [2.24, 2.45) is 5.92 Å². The molecule has 0 radical (unpaired) electrons. The van der Waals surface area contributed by atoms with Gasteiger partial charge in [0.1, 0.15) is 5.60 Å². The standard InChI is InChI=1S/C26H42N4O5/c1-26(2,3)34-22(31)16-20(11-7-10-19-8-5-4-6-9-19)24-27-23(28-35-24)25(32)30-17-21(18-30)29-12-14-33-15-13-29/h19-21H,4-18H2,1-3H3/t20-/m1/s1. The van der Waals surface area contributed by atoms with Gasteiger partial charge in [-0.3, -0.25) is 14.5 Å². The smallest absolute Gasteiger partial charge is 0.307 e. The number of nitrogens with zero attached hydrogens (tertiary/aromatic N) is 4. The van der Waals surface area contributed by atoms with E-state index in [0.717, 1.165) is 51.5 Å². The van der Waals surface area contributed by atoms with Crippen molar-refractivity contribution in [3.63, 3.8) is 0 Å². The fourth-order valence-corrected chi connectivity index (χ4v) is 5.45. The average molecular weight is 491 g/mol. The summed E-state index contributed by atoms with van der Waals surface area (Å²) in [6, 6.07) is 0.369. The number of morpholine rings is 1. The van der Waals surface area contributed by atoms with Gasteiger partial charge in [0.2, 0.25) is 5.89 Å². The number of carbonyl (C=O) groups excluding carboxylic acids is 2. The highest BCUT2D eigenvalue weighted by atomic mass is 16.6. The number of aromatic nitrogens is 2. The fraction of sp³-hybridized carbons (Fsp3) is 0.846. The molecular formula is C26H42N4O5. The quantitative estimate of drug-likeness (QED) is 0.482. The lowest BCUT2D eigenvalue weighted by Crippen LogP contribution is -2.62. The molecule has 1 aromatic rings. The van der Waals surface area contributed by atoms with Crippen LogP contribution in [0.25, 0.3) is 0 Å². The number of hydrogen-bond donors (Lipinski definition) is 0. The molecule has 9 nitrogen and oxygen atoms in total. The first-order chi connectivity index (χ1) is 16.8. The second-order valence-corrected chi connectivity index (χ2v) is 11.4. The number of rotatable bonds is 9. The number of hydrogen-bond acceptors (Lipinski definition) is 8. The van der Waals surface area contributed by atoms with Gasteiger partial charge in [-0.15, -0.1) is 0 Å². The fourth-order valence-electron chi connectivity index (χ4n) is 5.45. The summed E-state index contributed by atoms with van der Waals surface area (Å²) >= 11 is 0. The zero-order valence-electron chi connectivity index (χ0n) is 21.7. The molecule has 0 N–H and O–H groups in total. The van der Waals surface area contributed by atoms with Crippen molar-refractivity contribution >= 4 is 11.9 Å². The molecule has 0 bridgehead atoms. The molecule has 3 fully saturated rings. The minimum atomic E-state index is -0.547. The van der Waals surface area contributed by atoms with Gasteiger partial charge >= 0.3 is 5.97 Å². The van der Waals surface area contributed by atoms with E-state index in [4.69, 9.17) is 14.0 Å². The molecule has 2 aliphatic heterocycles. The molecule has 1 amide bonds. The Morgan fingerprint density at radius 1 is 1.11 bits per heavy atom. The van der Waals surface area contributed by atoms with E-state index >= 15 is 0 Å². The highest BCUT2D eigenvalue weighted by Gasteiger charge is 2.38. The normalized spacial score (nSPS) is 21.5. The van der Waals surface area contributed by atoms with Gasteiger partial charge in [0, 0.05) is 38.1 Å². The van der Waals surface area contributed by atoms with Crippen molar-refractivity contribution in [2.75, 3.05) is 39.4 Å². The number of carbonyl (C=O) groups is 2. The van der Waals surface area contributed by atoms with Gasteiger partial charge in [0.25, 0.3) is 11.7 Å². The number of amides is 1. The van der Waals surface area contributed by atoms with E-state index < -0.39 is 5.60 Å². The van der Waals surface area contributed by atoms with Gasteiger partial charge in [-0.1, -0.05) is 50.1 Å². The zero-order chi connectivity index (χ0) is 24.8. The topological polar surface area (TPSA) is 98.0 Å². The Labute approximate surface area is 208 Å². The number of likely N-dealkylation sites (tertiary alicyclic amines) is 1. The summed E-state index contributed by atoms with van der Waals surface area (Å²) in [4.78, 5) is 34.1. The molecule has 1 atom stereocenters. The van der Waals surface area contributed by atoms with E-state index in [-0.39, 0.29) is 30.0 Å². The second-order valence-electron chi connectivity index (χ2n) is 11.4. The van der Waals surface area contributed by atoms with Crippen LogP contribution >= 0.6 is 0 Å². The summed E-state index contributed by atoms with van der Waals surface area (Å²) < 4.78 is 16.5. The van der Waals surface area contributed by atoms with Crippen LogP contribution in [0.5, 0.6) is 0 Å². The Morgan fingerprint density at radius 2 is 1.83 bits per heavy atom. The molecule has 0 unspecified atom stereocenters. The summed E-state index contributed by atoms with van der Waals surface area (Å²) in [7, 11) is 0. The van der Waals surface area contributed by atoms with Crippen molar-refractivity contribution < 1.29 is 23.6 Å². The van der Waals surface area contributed by atoms with Crippen LogP contribution in [0.3, 0.4) is 0 Å². The molecule has 196 valence electrons. The molecule has 35 heavy (non-hydrogen) atoms. The molecular weight excluding hydrogens is 448 g/mol. The van der Waals surface area contributed by atoms with Gasteiger partial charge in [-0.2, -0.15) is 4.98 Å². The maximum Gasteiger partial charge on any atom is 0.307 e. The van der Waals surface area contributed by atoms with Gasteiger partial charge in [-0.25, -0.2) is 0 Å². The first kappa shape index (κ1) is 26.1. The molecule has 1 aliphatic carbocycles. The first-order valence-corrected chi connectivity index (χ1v) is 13.4. The monoisotopic (exact) mass is 490 g/mol. The van der Waals surface area contributed by atoms with Crippen LogP contribution in [-0.2, 0) is 14.3 Å². The number of esters is 1. The SMILES string of the molecule is CC(C)(C)OC(=O)C[C@@H](CCCC1CCCCC1)c1nc(C(=O)N2CC(N3CCOCC3)C2)no1. The van der Waals surface area contributed by atoms with Crippen LogP contribution < -0.4 is 0 Å². The Bertz CT molecular complexity index is 833. The molecule has 3 heterocycles. The minimum absolute atomic E-state index is 0.0851. The summed E-state index contributed by atoms with van der Waals surface area (Å²) in [5.74, 6) is 0.511. The Kier molecular flexibility index (Phi) is 8.81. The van der Waals surface area contributed by atoms with Crippen LogP contribution in [0.2, 0.25) is 0 Å². The van der Waals surface area contributed by atoms with Crippen LogP contribution in [0.4, 0.5) is 0 Å². The lowest BCUT2D eigenvalue weighted by Gasteiger charge is -2.46. The molecule has 2 saturated heterocycles. The Morgan fingerprint density at radius 3 is 2.51 bits per heavy atom. The molecule has 1 saturated carbocycles. The average Bonchev–Trinajstić information content (AvgIpc) is 3.28. The first-order valence-electron chi connectivity index (χ1n) is 13.4. The van der Waals surface area contributed by atoms with Crippen molar-refractivity contribution in [3.05, 3.63) is 11.7 Å². The summed E-state index contributed by atoms with van der Waals surface area (Å²) in [5, 5.41) is 3.99. The van der Waals surface area contributed by atoms with Gasteiger partial charge in [0.05, 0.1) is 19.6 Å². The highest BCUT2D eigenvalue weighted by molar-refractivity contribution is 5.91. The molecule has 3 aliphatic rings. The van der Waals surface area contributed by atoms with Crippen LogP contribution in [-0.4, -0.2) is 82.9 Å². The Balaban J connectivity index is 1.34. The molecule has 0 spiro atoms. The van der Waals surface area contributed by atoms with Crippen molar-refractivity contribution in [2.45, 2.75) is 96.1 Å². The zero-order valence-corrected chi connectivity index (χ0v) is 21.7. The molecule has 9 heteroatoms. The van der Waals surface area contributed by atoms with Crippen LogP contribution in [0.15, 0.2) is 4.52 Å². The van der Waals surface area contributed by atoms with E-state index in [9.17, 15) is 9.59 Å². The van der Waals surface area contributed by atoms with E-state index in [0.29, 0.717) is 25.0 Å². The number of ether oxygens (including phenoxy) is 2. The summed E-state index contributed by atoms with van der Waals surface area (Å²) in [6.07, 6.45) is 9.71. The van der Waals surface area contributed by atoms with Crippen LogP contribution in [0.1, 0.15) is 101 Å².